The van der Waals surface area contributed by atoms with Crippen molar-refractivity contribution < 1.29 is 14.4 Å². The summed E-state index contributed by atoms with van der Waals surface area (Å²) in [5, 5.41) is 3.84. The largest absolute Gasteiger partial charge is 0.368 e. The first kappa shape index (κ1) is 13.8. The van der Waals surface area contributed by atoms with Gasteiger partial charge in [0, 0.05) is 11.1 Å². The molecule has 0 aliphatic carbocycles. The van der Waals surface area contributed by atoms with Gasteiger partial charge < -0.3 is 10.6 Å². The Kier molecular flexibility index (Phi) is 3.53. The summed E-state index contributed by atoms with van der Waals surface area (Å²) in [7, 11) is 0. The molecule has 0 atom stereocenters. The summed E-state index contributed by atoms with van der Waals surface area (Å²) in [5.74, 6) is -0.996. The minimum absolute atomic E-state index is 0.373. The molecular formula is C17H12N2O3. The Hall–Kier alpha value is -3.21. The van der Waals surface area contributed by atoms with Gasteiger partial charge in [0.1, 0.15) is 5.71 Å². The second kappa shape index (κ2) is 5.65. The zero-order chi connectivity index (χ0) is 15.5. The van der Waals surface area contributed by atoms with E-state index in [4.69, 9.17) is 10.6 Å². The molecule has 0 fully saturated rings. The molecule has 5 heteroatoms. The lowest BCUT2D eigenvalue weighted by atomic mass is 10.0. The molecule has 1 aliphatic rings. The van der Waals surface area contributed by atoms with Crippen molar-refractivity contribution in [3.8, 4) is 0 Å². The summed E-state index contributed by atoms with van der Waals surface area (Å²) in [5.41, 5.74) is 8.03. The second-order valence-corrected chi connectivity index (χ2v) is 4.73. The highest BCUT2D eigenvalue weighted by atomic mass is 16.7. The maximum absolute atomic E-state index is 11.9. The lowest BCUT2D eigenvalue weighted by molar-refractivity contribution is -0.136. The van der Waals surface area contributed by atoms with E-state index >= 15 is 0 Å². The molecule has 2 aromatic carbocycles. The van der Waals surface area contributed by atoms with Crippen LogP contribution in [0.5, 0.6) is 0 Å². The molecule has 1 heterocycles. The van der Waals surface area contributed by atoms with Gasteiger partial charge in [-0.1, -0.05) is 47.6 Å². The van der Waals surface area contributed by atoms with E-state index in [1.165, 1.54) is 0 Å². The predicted molar refractivity (Wildman–Crippen MR) is 82.0 cm³/mol. The summed E-state index contributed by atoms with van der Waals surface area (Å²) < 4.78 is 0. The van der Waals surface area contributed by atoms with Crippen molar-refractivity contribution >= 4 is 23.7 Å². The molecule has 0 radical (unpaired) electrons. The number of nitrogens with two attached hydrogens (primary N) is 1. The van der Waals surface area contributed by atoms with Crippen LogP contribution in [0.3, 0.4) is 0 Å². The highest BCUT2D eigenvalue weighted by Crippen LogP contribution is 2.20. The van der Waals surface area contributed by atoms with Gasteiger partial charge in [0.15, 0.2) is 0 Å². The Morgan fingerprint density at radius 3 is 2.36 bits per heavy atom. The average molecular weight is 292 g/mol. The number of carbonyl (C=O) groups is 2. The molecule has 0 saturated heterocycles. The monoisotopic (exact) mass is 292 g/mol. The number of amides is 1. The van der Waals surface area contributed by atoms with Crippen molar-refractivity contribution in [2.24, 2.45) is 10.9 Å². The molecule has 0 bridgehead atoms. The summed E-state index contributed by atoms with van der Waals surface area (Å²) in [6, 6.07) is 15.9. The normalized spacial score (nSPS) is 15.5. The molecule has 0 spiro atoms. The van der Waals surface area contributed by atoms with Crippen molar-refractivity contribution in [3.05, 3.63) is 76.9 Å². The molecule has 1 aliphatic heterocycles. The zero-order valence-electron chi connectivity index (χ0n) is 11.5. The van der Waals surface area contributed by atoms with Gasteiger partial charge in [-0.25, -0.2) is 4.79 Å². The van der Waals surface area contributed by atoms with Crippen molar-refractivity contribution in [2.75, 3.05) is 0 Å². The van der Waals surface area contributed by atoms with E-state index in [1.54, 1.807) is 30.3 Å². The van der Waals surface area contributed by atoms with Gasteiger partial charge in [-0.05, 0) is 23.8 Å². The number of hydrogen-bond acceptors (Lipinski definition) is 4. The first-order valence-corrected chi connectivity index (χ1v) is 6.62. The third kappa shape index (κ3) is 2.64. The topological polar surface area (TPSA) is 81.8 Å². The van der Waals surface area contributed by atoms with E-state index in [-0.39, 0.29) is 0 Å². The van der Waals surface area contributed by atoms with Gasteiger partial charge in [0.05, 0.1) is 5.57 Å². The first-order chi connectivity index (χ1) is 10.6. The van der Waals surface area contributed by atoms with Crippen LogP contribution in [0.1, 0.15) is 21.5 Å². The van der Waals surface area contributed by atoms with Crippen molar-refractivity contribution in [2.45, 2.75) is 0 Å². The number of benzene rings is 2. The second-order valence-electron chi connectivity index (χ2n) is 4.73. The Morgan fingerprint density at radius 2 is 1.73 bits per heavy atom. The van der Waals surface area contributed by atoms with Gasteiger partial charge in [-0.3, -0.25) is 4.79 Å². The van der Waals surface area contributed by atoms with E-state index in [2.05, 4.69) is 5.16 Å². The quantitative estimate of drug-likeness (QED) is 0.695. The van der Waals surface area contributed by atoms with Gasteiger partial charge in [-0.15, -0.1) is 0 Å². The molecule has 108 valence electrons. The van der Waals surface area contributed by atoms with E-state index in [0.717, 1.165) is 11.1 Å². The fraction of sp³-hybridized carbons (Fsp3) is 0. The zero-order valence-corrected chi connectivity index (χ0v) is 11.5. The van der Waals surface area contributed by atoms with Crippen LogP contribution in [0, 0.1) is 0 Å². The molecule has 5 nitrogen and oxygen atoms in total. The molecule has 0 aromatic heterocycles. The molecular weight excluding hydrogens is 280 g/mol. The SMILES string of the molecule is NC(=O)c1ccc(/C=C2/C(=O)ON=C2c2ccccc2)cc1. The summed E-state index contributed by atoms with van der Waals surface area (Å²) in [6.45, 7) is 0. The van der Waals surface area contributed by atoms with Crippen LogP contribution in [0.4, 0.5) is 0 Å². The van der Waals surface area contributed by atoms with E-state index < -0.39 is 11.9 Å². The van der Waals surface area contributed by atoms with Crippen molar-refractivity contribution in [1.29, 1.82) is 0 Å². The smallest absolute Gasteiger partial charge is 0.366 e. The van der Waals surface area contributed by atoms with Gasteiger partial charge in [0.25, 0.3) is 0 Å². The third-order valence-corrected chi connectivity index (χ3v) is 3.25. The van der Waals surface area contributed by atoms with Gasteiger partial charge >= 0.3 is 5.97 Å². The minimum atomic E-state index is -0.502. The molecule has 0 unspecified atom stereocenters. The summed E-state index contributed by atoms with van der Waals surface area (Å²) in [6.07, 6.45) is 1.67. The molecule has 3 rings (SSSR count). The van der Waals surface area contributed by atoms with E-state index in [0.29, 0.717) is 16.8 Å². The molecule has 2 N–H and O–H groups in total. The minimum Gasteiger partial charge on any atom is -0.366 e. The molecule has 0 saturated carbocycles. The maximum Gasteiger partial charge on any atom is 0.368 e. The van der Waals surface area contributed by atoms with E-state index in [1.807, 2.05) is 30.3 Å². The number of hydrogen-bond donors (Lipinski definition) is 1. The number of carbonyl (C=O) groups excluding carboxylic acids is 2. The van der Waals surface area contributed by atoms with Crippen LogP contribution in [-0.4, -0.2) is 17.6 Å². The van der Waals surface area contributed by atoms with Crippen molar-refractivity contribution in [1.82, 2.24) is 0 Å². The van der Waals surface area contributed by atoms with Crippen LogP contribution < -0.4 is 5.73 Å². The lowest BCUT2D eigenvalue weighted by Gasteiger charge is -2.01. The third-order valence-electron chi connectivity index (χ3n) is 3.25. The Labute approximate surface area is 126 Å². The Morgan fingerprint density at radius 1 is 1.05 bits per heavy atom. The number of primary amides is 1. The number of rotatable bonds is 3. The number of oxime groups is 1. The predicted octanol–water partition coefficient (Wildman–Crippen LogP) is 2.13. The van der Waals surface area contributed by atoms with Crippen LogP contribution in [0.15, 0.2) is 65.3 Å². The first-order valence-electron chi connectivity index (χ1n) is 6.62. The highest BCUT2D eigenvalue weighted by molar-refractivity contribution is 6.31. The highest BCUT2D eigenvalue weighted by Gasteiger charge is 2.26. The molecule has 22 heavy (non-hydrogen) atoms. The molecule has 2 aromatic rings. The summed E-state index contributed by atoms with van der Waals surface area (Å²) >= 11 is 0. The molecule has 1 amide bonds. The van der Waals surface area contributed by atoms with Crippen LogP contribution >= 0.6 is 0 Å². The van der Waals surface area contributed by atoms with Gasteiger partial charge in [-0.2, -0.15) is 0 Å². The fourth-order valence-corrected chi connectivity index (χ4v) is 2.12. The fourth-order valence-electron chi connectivity index (χ4n) is 2.12. The van der Waals surface area contributed by atoms with Crippen LogP contribution in [0.25, 0.3) is 6.08 Å². The van der Waals surface area contributed by atoms with Gasteiger partial charge in [0.2, 0.25) is 5.91 Å². The average Bonchev–Trinajstić information content (AvgIpc) is 2.90. The Bertz CT molecular complexity index is 790. The van der Waals surface area contributed by atoms with Crippen LogP contribution in [0.2, 0.25) is 0 Å². The van der Waals surface area contributed by atoms with Crippen LogP contribution in [-0.2, 0) is 9.63 Å². The maximum atomic E-state index is 11.9. The summed E-state index contributed by atoms with van der Waals surface area (Å²) in [4.78, 5) is 27.7. The van der Waals surface area contributed by atoms with Crippen molar-refractivity contribution in [3.63, 3.8) is 0 Å². The van der Waals surface area contributed by atoms with E-state index in [9.17, 15) is 9.59 Å². The standard InChI is InChI=1S/C17H12N2O3/c18-16(20)13-8-6-11(7-9-13)10-14-15(19-22-17(14)21)12-4-2-1-3-5-12/h1-10H,(H2,18,20)/b14-10+. The lowest BCUT2D eigenvalue weighted by Crippen LogP contribution is -2.10. The Balaban J connectivity index is 1.96. The number of nitrogens with zero attached hydrogens (tertiary/aromatic N) is 1.